The Balaban J connectivity index is 1.35. The van der Waals surface area contributed by atoms with Crippen LogP contribution in [0.3, 0.4) is 0 Å². The highest BCUT2D eigenvalue weighted by atomic mass is 32.2. The van der Waals surface area contributed by atoms with Gasteiger partial charge in [0, 0.05) is 42.4 Å². The maximum atomic E-state index is 5.70. The third-order valence-corrected chi connectivity index (χ3v) is 9.62. The molecule has 0 atom stereocenters. The number of aryl methyl sites for hydroxylation is 1. The van der Waals surface area contributed by atoms with Crippen LogP contribution in [0.1, 0.15) is 31.7 Å². The van der Waals surface area contributed by atoms with Gasteiger partial charge in [0.2, 0.25) is 5.52 Å². The third kappa shape index (κ3) is 4.78. The molecule has 3 aromatic rings. The normalized spacial score (nSPS) is 20.4. The van der Waals surface area contributed by atoms with Crippen LogP contribution in [0.15, 0.2) is 93.5 Å². The Labute approximate surface area is 228 Å². The van der Waals surface area contributed by atoms with Crippen LogP contribution in [-0.2, 0) is 11.3 Å². The Morgan fingerprint density at radius 1 is 0.946 bits per heavy atom. The van der Waals surface area contributed by atoms with E-state index in [1.807, 2.05) is 23.1 Å². The molecule has 4 nitrogen and oxygen atoms in total. The van der Waals surface area contributed by atoms with E-state index in [2.05, 4.69) is 101 Å². The second-order valence-electron chi connectivity index (χ2n) is 9.47. The van der Waals surface area contributed by atoms with Gasteiger partial charge in [0.05, 0.1) is 23.9 Å². The van der Waals surface area contributed by atoms with Crippen LogP contribution in [0.25, 0.3) is 16.3 Å². The zero-order chi connectivity index (χ0) is 25.2. The van der Waals surface area contributed by atoms with Gasteiger partial charge in [-0.25, -0.2) is 0 Å². The van der Waals surface area contributed by atoms with E-state index >= 15 is 0 Å². The third-order valence-electron chi connectivity index (χ3n) is 7.36. The summed E-state index contributed by atoms with van der Waals surface area (Å²) in [6.07, 6.45) is 11.6. The molecule has 1 aliphatic carbocycles. The summed E-state index contributed by atoms with van der Waals surface area (Å²) in [6.45, 7) is 9.94. The van der Waals surface area contributed by atoms with Gasteiger partial charge < -0.3 is 14.5 Å². The van der Waals surface area contributed by atoms with E-state index in [-0.39, 0.29) is 0 Å². The van der Waals surface area contributed by atoms with E-state index in [0.29, 0.717) is 0 Å². The average Bonchev–Trinajstić information content (AvgIpc) is 3.63. The Kier molecular flexibility index (Phi) is 7.23. The van der Waals surface area contributed by atoms with Crippen molar-refractivity contribution in [3.05, 3.63) is 93.6 Å². The lowest BCUT2D eigenvalue weighted by molar-refractivity contribution is -0.665. The molecule has 37 heavy (non-hydrogen) atoms. The molecule has 0 radical (unpaired) electrons. The molecule has 0 N–H and O–H groups in total. The van der Waals surface area contributed by atoms with Crippen molar-refractivity contribution in [3.8, 4) is 0 Å². The van der Waals surface area contributed by atoms with Crippen LogP contribution in [0, 0.1) is 0 Å². The van der Waals surface area contributed by atoms with Gasteiger partial charge in [0.25, 0.3) is 5.01 Å². The van der Waals surface area contributed by atoms with E-state index in [0.717, 1.165) is 52.2 Å². The molecule has 0 bridgehead atoms. The molecular formula is C31H34N3OS2+. The van der Waals surface area contributed by atoms with E-state index in [4.69, 9.17) is 4.74 Å². The van der Waals surface area contributed by atoms with Crippen molar-refractivity contribution in [2.75, 3.05) is 37.7 Å². The zero-order valence-electron chi connectivity index (χ0n) is 21.7. The van der Waals surface area contributed by atoms with Gasteiger partial charge >= 0.3 is 0 Å². The first-order chi connectivity index (χ1) is 18.3. The fraction of sp³-hybridized carbons (Fsp3) is 0.323. The molecule has 2 aromatic carbocycles. The lowest BCUT2D eigenvalue weighted by Crippen LogP contribution is -2.36. The second-order valence-corrected chi connectivity index (χ2v) is 11.6. The van der Waals surface area contributed by atoms with Crippen molar-refractivity contribution < 1.29 is 9.30 Å². The monoisotopic (exact) mass is 528 g/mol. The molecule has 1 fully saturated rings. The van der Waals surface area contributed by atoms with Crippen LogP contribution in [0.5, 0.6) is 0 Å². The Hall–Kier alpha value is -2.80. The summed E-state index contributed by atoms with van der Waals surface area (Å²) in [7, 11) is 0. The Morgan fingerprint density at radius 2 is 1.76 bits per heavy atom. The summed E-state index contributed by atoms with van der Waals surface area (Å²) >= 11 is 3.76. The molecule has 6 rings (SSSR count). The van der Waals surface area contributed by atoms with Gasteiger partial charge in [0.1, 0.15) is 11.2 Å². The number of hydrogen-bond donors (Lipinski definition) is 0. The highest BCUT2D eigenvalue weighted by Crippen LogP contribution is 2.46. The van der Waals surface area contributed by atoms with Gasteiger partial charge in [-0.2, -0.15) is 4.57 Å². The molecule has 0 unspecified atom stereocenters. The maximum Gasteiger partial charge on any atom is 0.262 e. The van der Waals surface area contributed by atoms with E-state index in [1.54, 1.807) is 0 Å². The number of allylic oxidation sites excluding steroid dienone is 5. The summed E-state index contributed by atoms with van der Waals surface area (Å²) < 4.78 is 9.48. The number of morpholine rings is 1. The number of nitrogens with zero attached hydrogens (tertiary/aromatic N) is 3. The standard InChI is InChI=1S/C31H34N3OS2/c1-3-33-25-9-5-7-11-27(25)36-29(33)17-15-23-13-14-24(31(23)32-19-21-35-22-20-32)16-18-30-34(4-2)26-10-6-8-12-28(26)37-30/h5-12,15-18H,3-4,13-14,19-22H2,1-2H3/q+1. The van der Waals surface area contributed by atoms with Crippen molar-refractivity contribution in [2.45, 2.75) is 38.1 Å². The first-order valence-corrected chi connectivity index (χ1v) is 15.0. The van der Waals surface area contributed by atoms with Gasteiger partial charge in [-0.1, -0.05) is 53.4 Å². The molecule has 3 heterocycles. The molecule has 1 aromatic heterocycles. The number of aromatic nitrogens is 1. The second kappa shape index (κ2) is 10.9. The molecule has 2 aliphatic heterocycles. The van der Waals surface area contributed by atoms with E-state index in [9.17, 15) is 0 Å². The van der Waals surface area contributed by atoms with E-state index < -0.39 is 0 Å². The number of fused-ring (bicyclic) bond motifs is 2. The number of rotatable bonds is 6. The van der Waals surface area contributed by atoms with Crippen molar-refractivity contribution in [2.24, 2.45) is 0 Å². The minimum Gasteiger partial charge on any atom is -0.378 e. The zero-order valence-corrected chi connectivity index (χ0v) is 23.3. The van der Waals surface area contributed by atoms with Crippen molar-refractivity contribution in [1.29, 1.82) is 0 Å². The molecule has 6 heteroatoms. The first-order valence-electron chi connectivity index (χ1n) is 13.4. The van der Waals surface area contributed by atoms with Gasteiger partial charge in [-0.3, -0.25) is 0 Å². The van der Waals surface area contributed by atoms with Crippen LogP contribution >= 0.6 is 23.1 Å². The smallest absolute Gasteiger partial charge is 0.262 e. The molecular weight excluding hydrogens is 494 g/mol. The summed E-state index contributed by atoms with van der Waals surface area (Å²) in [5, 5.41) is 2.63. The van der Waals surface area contributed by atoms with Crippen molar-refractivity contribution in [3.63, 3.8) is 0 Å². The van der Waals surface area contributed by atoms with Crippen molar-refractivity contribution >= 4 is 45.1 Å². The molecule has 1 saturated heterocycles. The molecule has 0 spiro atoms. The van der Waals surface area contributed by atoms with Crippen LogP contribution in [0.4, 0.5) is 5.69 Å². The highest BCUT2D eigenvalue weighted by molar-refractivity contribution is 8.03. The van der Waals surface area contributed by atoms with Gasteiger partial charge in [-0.15, -0.1) is 0 Å². The summed E-state index contributed by atoms with van der Waals surface area (Å²) in [5.41, 5.74) is 6.96. The fourth-order valence-corrected chi connectivity index (χ4v) is 7.84. The quantitative estimate of drug-likeness (QED) is 0.321. The van der Waals surface area contributed by atoms with Crippen LogP contribution < -0.4 is 9.47 Å². The summed E-state index contributed by atoms with van der Waals surface area (Å²) in [6, 6.07) is 17.5. The molecule has 3 aliphatic rings. The lowest BCUT2D eigenvalue weighted by atomic mass is 10.1. The van der Waals surface area contributed by atoms with Crippen LogP contribution in [-0.4, -0.2) is 37.7 Å². The number of hydrogen-bond acceptors (Lipinski definition) is 5. The molecule has 0 saturated carbocycles. The highest BCUT2D eigenvalue weighted by Gasteiger charge is 2.27. The lowest BCUT2D eigenvalue weighted by Gasteiger charge is -2.31. The minimum atomic E-state index is 0.801. The number of anilines is 1. The molecule has 0 amide bonds. The average molecular weight is 529 g/mol. The maximum absolute atomic E-state index is 5.70. The molecule has 190 valence electrons. The Bertz CT molecular complexity index is 1430. The summed E-state index contributed by atoms with van der Waals surface area (Å²) in [5.74, 6) is 0. The van der Waals surface area contributed by atoms with Gasteiger partial charge in [-0.05, 0) is 68.2 Å². The minimum absolute atomic E-state index is 0.801. The summed E-state index contributed by atoms with van der Waals surface area (Å²) in [4.78, 5) is 6.32. The number of thiazole rings is 1. The SMILES string of the molecule is CCN1/C(=C/C=C2/CCC(/C=C\c3sc4ccccc4[n+]3CC)=C2N2CCOCC2)Sc2ccccc21. The predicted molar refractivity (Wildman–Crippen MR) is 157 cm³/mol. The first kappa shape index (κ1) is 24.5. The fourth-order valence-electron chi connectivity index (χ4n) is 5.58. The topological polar surface area (TPSA) is 19.6 Å². The van der Waals surface area contributed by atoms with Crippen molar-refractivity contribution in [1.82, 2.24) is 4.90 Å². The number of para-hydroxylation sites is 2. The number of benzene rings is 2. The van der Waals surface area contributed by atoms with E-state index in [1.165, 1.54) is 47.7 Å². The Morgan fingerprint density at radius 3 is 2.59 bits per heavy atom. The predicted octanol–water partition coefficient (Wildman–Crippen LogP) is 7.00. The number of ether oxygens (including phenoxy) is 1. The van der Waals surface area contributed by atoms with Gasteiger partial charge in [0.15, 0.2) is 0 Å². The van der Waals surface area contributed by atoms with Crippen LogP contribution in [0.2, 0.25) is 0 Å². The largest absolute Gasteiger partial charge is 0.378 e. The number of thioether (sulfide) groups is 1.